The summed E-state index contributed by atoms with van der Waals surface area (Å²) in [4.78, 5) is 12.6. The summed E-state index contributed by atoms with van der Waals surface area (Å²) in [5.41, 5.74) is 5.48. The molecule has 0 unspecified atom stereocenters. The molecule has 0 spiro atoms. The smallest absolute Gasteiger partial charge is 0.250 e. The minimum atomic E-state index is -0.311. The molecule has 11 heteroatoms. The highest BCUT2D eigenvalue weighted by Gasteiger charge is 2.18. The number of rotatable bonds is 10. The van der Waals surface area contributed by atoms with E-state index in [2.05, 4.69) is 20.7 Å². The van der Waals surface area contributed by atoms with Crippen molar-refractivity contribution in [3.8, 4) is 34.3 Å². The van der Waals surface area contributed by atoms with Crippen molar-refractivity contribution in [1.82, 2.24) is 20.2 Å². The van der Waals surface area contributed by atoms with Crippen LogP contribution in [0.15, 0.2) is 77.0 Å². The quantitative estimate of drug-likeness (QED) is 0.156. The SMILES string of the molecule is CCOc1ccc(-n2c(SCC(=O)NN=C(C)c3ccc(O)c(OC)c3)nnc2-c2ccc(Cl)cc2)cc1. The van der Waals surface area contributed by atoms with Crippen LogP contribution in [0, 0.1) is 0 Å². The Morgan fingerprint density at radius 3 is 2.53 bits per heavy atom. The highest BCUT2D eigenvalue weighted by atomic mass is 35.5. The van der Waals surface area contributed by atoms with Gasteiger partial charge >= 0.3 is 0 Å². The number of nitrogens with zero attached hydrogens (tertiary/aromatic N) is 4. The van der Waals surface area contributed by atoms with Crippen LogP contribution in [0.3, 0.4) is 0 Å². The van der Waals surface area contributed by atoms with E-state index in [4.69, 9.17) is 21.1 Å². The number of amides is 1. The van der Waals surface area contributed by atoms with Crippen molar-refractivity contribution < 1.29 is 19.4 Å². The van der Waals surface area contributed by atoms with Gasteiger partial charge in [-0.1, -0.05) is 23.4 Å². The van der Waals surface area contributed by atoms with Crippen LogP contribution in [0.4, 0.5) is 0 Å². The minimum Gasteiger partial charge on any atom is -0.504 e. The summed E-state index contributed by atoms with van der Waals surface area (Å²) in [6.45, 7) is 4.25. The summed E-state index contributed by atoms with van der Waals surface area (Å²) in [6.07, 6.45) is 0. The first-order valence-electron chi connectivity index (χ1n) is 11.7. The van der Waals surface area contributed by atoms with E-state index in [-0.39, 0.29) is 17.4 Å². The molecule has 2 N–H and O–H groups in total. The molecule has 4 rings (SSSR count). The lowest BCUT2D eigenvalue weighted by Gasteiger charge is -2.11. The van der Waals surface area contributed by atoms with Gasteiger partial charge in [-0.05, 0) is 80.6 Å². The number of hydrogen-bond acceptors (Lipinski definition) is 8. The van der Waals surface area contributed by atoms with Crippen LogP contribution in [0.5, 0.6) is 17.2 Å². The van der Waals surface area contributed by atoms with Crippen molar-refractivity contribution in [3.63, 3.8) is 0 Å². The first kappa shape index (κ1) is 27.0. The number of carbonyl (C=O) groups excluding carboxylic acids is 1. The van der Waals surface area contributed by atoms with Crippen molar-refractivity contribution in [2.24, 2.45) is 5.10 Å². The lowest BCUT2D eigenvalue weighted by Crippen LogP contribution is -2.21. The summed E-state index contributed by atoms with van der Waals surface area (Å²) < 4.78 is 12.6. The molecule has 4 aromatic rings. The second-order valence-electron chi connectivity index (χ2n) is 7.98. The molecule has 1 amide bonds. The molecule has 0 saturated heterocycles. The van der Waals surface area contributed by atoms with Crippen LogP contribution < -0.4 is 14.9 Å². The number of carbonyl (C=O) groups is 1. The monoisotopic (exact) mass is 551 g/mol. The van der Waals surface area contributed by atoms with Crippen LogP contribution >= 0.6 is 23.4 Å². The Labute approximate surface area is 229 Å². The molecule has 196 valence electrons. The largest absolute Gasteiger partial charge is 0.504 e. The fourth-order valence-corrected chi connectivity index (χ4v) is 4.39. The van der Waals surface area contributed by atoms with E-state index in [1.807, 2.05) is 47.9 Å². The fraction of sp³-hybridized carbons (Fsp3) is 0.185. The van der Waals surface area contributed by atoms with E-state index in [0.717, 1.165) is 17.0 Å². The number of hydrazone groups is 1. The highest BCUT2D eigenvalue weighted by Crippen LogP contribution is 2.30. The zero-order chi connectivity index (χ0) is 27.1. The third-order valence-corrected chi connectivity index (χ3v) is 6.60. The topological polar surface area (TPSA) is 111 Å². The predicted molar refractivity (Wildman–Crippen MR) is 149 cm³/mol. The van der Waals surface area contributed by atoms with Gasteiger partial charge in [0.2, 0.25) is 0 Å². The van der Waals surface area contributed by atoms with E-state index >= 15 is 0 Å². The molecule has 0 aliphatic rings. The zero-order valence-corrected chi connectivity index (χ0v) is 22.6. The Hall–Kier alpha value is -4.02. The average molecular weight is 552 g/mol. The van der Waals surface area contributed by atoms with Crippen molar-refractivity contribution in [2.75, 3.05) is 19.5 Å². The summed E-state index contributed by atoms with van der Waals surface area (Å²) in [7, 11) is 1.47. The van der Waals surface area contributed by atoms with E-state index in [1.165, 1.54) is 24.9 Å². The van der Waals surface area contributed by atoms with Crippen molar-refractivity contribution in [1.29, 1.82) is 0 Å². The second-order valence-corrected chi connectivity index (χ2v) is 9.36. The molecule has 9 nitrogen and oxygen atoms in total. The maximum absolute atomic E-state index is 12.6. The number of phenolic OH excluding ortho intramolecular Hbond substituents is 1. The number of thioether (sulfide) groups is 1. The van der Waals surface area contributed by atoms with Gasteiger partial charge < -0.3 is 14.6 Å². The molecule has 0 aliphatic carbocycles. The second kappa shape index (κ2) is 12.5. The van der Waals surface area contributed by atoms with Gasteiger partial charge in [-0.2, -0.15) is 5.10 Å². The van der Waals surface area contributed by atoms with Gasteiger partial charge in [0.05, 0.1) is 25.2 Å². The maximum Gasteiger partial charge on any atom is 0.250 e. The number of phenols is 1. The first-order valence-corrected chi connectivity index (χ1v) is 13.0. The van der Waals surface area contributed by atoms with Crippen molar-refractivity contribution >= 4 is 35.0 Å². The Bertz CT molecular complexity index is 1440. The van der Waals surface area contributed by atoms with Crippen LogP contribution in [0.25, 0.3) is 17.1 Å². The molecule has 3 aromatic carbocycles. The molecule has 0 bridgehead atoms. The van der Waals surface area contributed by atoms with Gasteiger partial charge in [0, 0.05) is 21.8 Å². The molecular weight excluding hydrogens is 526 g/mol. The van der Waals surface area contributed by atoms with Gasteiger partial charge in [-0.15, -0.1) is 10.2 Å². The molecule has 38 heavy (non-hydrogen) atoms. The molecule has 0 atom stereocenters. The van der Waals surface area contributed by atoms with Crippen molar-refractivity contribution in [3.05, 3.63) is 77.3 Å². The number of aromatic hydroxyl groups is 1. The molecule has 0 radical (unpaired) electrons. The molecule has 0 aliphatic heterocycles. The van der Waals surface area contributed by atoms with Crippen LogP contribution in [0.2, 0.25) is 5.02 Å². The van der Waals surface area contributed by atoms with E-state index in [1.54, 1.807) is 31.2 Å². The number of ether oxygens (including phenoxy) is 2. The zero-order valence-electron chi connectivity index (χ0n) is 21.0. The van der Waals surface area contributed by atoms with Crippen LogP contribution in [-0.4, -0.2) is 51.0 Å². The Kier molecular flexibility index (Phi) is 8.88. The molecule has 0 saturated carbocycles. The van der Waals surface area contributed by atoms with Gasteiger partial charge in [0.25, 0.3) is 5.91 Å². The van der Waals surface area contributed by atoms with Gasteiger partial charge in [-0.3, -0.25) is 9.36 Å². The summed E-state index contributed by atoms with van der Waals surface area (Å²) in [6, 6.07) is 19.7. The van der Waals surface area contributed by atoms with Gasteiger partial charge in [-0.25, -0.2) is 5.43 Å². The summed E-state index contributed by atoms with van der Waals surface area (Å²) >= 11 is 7.31. The van der Waals surface area contributed by atoms with Crippen LogP contribution in [-0.2, 0) is 4.79 Å². The lowest BCUT2D eigenvalue weighted by molar-refractivity contribution is -0.118. The number of aromatic nitrogens is 3. The normalized spacial score (nSPS) is 11.3. The van der Waals surface area contributed by atoms with Crippen molar-refractivity contribution in [2.45, 2.75) is 19.0 Å². The fourth-order valence-electron chi connectivity index (χ4n) is 3.52. The average Bonchev–Trinajstić information content (AvgIpc) is 3.35. The minimum absolute atomic E-state index is 0.0269. The molecule has 0 fully saturated rings. The predicted octanol–water partition coefficient (Wildman–Crippen LogP) is 5.33. The number of halogens is 1. The summed E-state index contributed by atoms with van der Waals surface area (Å²) in [5.74, 6) is 1.47. The molecule has 1 heterocycles. The first-order chi connectivity index (χ1) is 18.4. The Morgan fingerprint density at radius 2 is 1.84 bits per heavy atom. The van der Waals surface area contributed by atoms with Gasteiger partial charge in [0.1, 0.15) is 5.75 Å². The Morgan fingerprint density at radius 1 is 1.11 bits per heavy atom. The Balaban J connectivity index is 1.52. The standard InChI is InChI=1S/C27H26ClN5O4S/c1-4-37-22-12-10-21(11-13-22)33-26(18-5-8-20(28)9-6-18)31-32-27(33)38-16-25(35)30-29-17(2)19-7-14-23(34)24(15-19)36-3/h5-15,34H,4,16H2,1-3H3,(H,30,35). The third-order valence-electron chi connectivity index (χ3n) is 5.42. The number of hydrogen-bond donors (Lipinski definition) is 2. The third kappa shape index (κ3) is 6.45. The van der Waals surface area contributed by atoms with E-state index in [9.17, 15) is 9.90 Å². The van der Waals surface area contributed by atoms with E-state index in [0.29, 0.717) is 39.6 Å². The summed E-state index contributed by atoms with van der Waals surface area (Å²) in [5, 5.41) is 23.9. The number of methoxy groups -OCH3 is 1. The number of benzene rings is 3. The maximum atomic E-state index is 12.6. The lowest BCUT2D eigenvalue weighted by atomic mass is 10.1. The molecular formula is C27H26ClN5O4S. The number of nitrogens with one attached hydrogen (secondary N) is 1. The van der Waals surface area contributed by atoms with Gasteiger partial charge in [0.15, 0.2) is 22.5 Å². The van der Waals surface area contributed by atoms with Crippen LogP contribution in [0.1, 0.15) is 19.4 Å². The van der Waals surface area contributed by atoms with E-state index < -0.39 is 0 Å². The molecule has 1 aromatic heterocycles. The highest BCUT2D eigenvalue weighted by molar-refractivity contribution is 7.99.